The van der Waals surface area contributed by atoms with Gasteiger partial charge in [0.2, 0.25) is 0 Å². The third-order valence-corrected chi connectivity index (χ3v) is 3.91. The maximum atomic E-state index is 13.3. The Morgan fingerprint density at radius 3 is 2.71 bits per heavy atom. The van der Waals surface area contributed by atoms with Gasteiger partial charge in [-0.05, 0) is 47.5 Å². The molecule has 1 atom stereocenters. The van der Waals surface area contributed by atoms with E-state index in [0.717, 1.165) is 0 Å². The summed E-state index contributed by atoms with van der Waals surface area (Å²) in [6, 6.07) is 4.27. The first kappa shape index (κ1) is 14.5. The minimum absolute atomic E-state index is 0.287. The summed E-state index contributed by atoms with van der Waals surface area (Å²) in [6.45, 7) is 3.79. The number of rotatable bonds is 4. The van der Waals surface area contributed by atoms with Gasteiger partial charge >= 0.3 is 0 Å². The van der Waals surface area contributed by atoms with Crippen LogP contribution in [-0.4, -0.2) is 17.3 Å². The van der Waals surface area contributed by atoms with Crippen molar-refractivity contribution in [1.29, 1.82) is 0 Å². The van der Waals surface area contributed by atoms with Crippen LogP contribution in [0.1, 0.15) is 30.6 Å². The number of halogens is 3. The largest absolute Gasteiger partial charge is 0.346 e. The van der Waals surface area contributed by atoms with E-state index < -0.39 is 11.4 Å². The fourth-order valence-corrected chi connectivity index (χ4v) is 1.70. The lowest BCUT2D eigenvalue weighted by molar-refractivity contribution is 0.0912. The first-order valence-corrected chi connectivity index (χ1v) is 6.58. The quantitative estimate of drug-likeness (QED) is 0.841. The average molecular weight is 323 g/mol. The van der Waals surface area contributed by atoms with Crippen LogP contribution in [0.15, 0.2) is 22.7 Å². The second-order valence-electron chi connectivity index (χ2n) is 4.13. The zero-order valence-electron chi connectivity index (χ0n) is 9.69. The SMILES string of the molecule is CCC(C)(CCl)NC(=O)c1ccc(Br)c(F)c1. The highest BCUT2D eigenvalue weighted by atomic mass is 79.9. The normalized spacial score (nSPS) is 14.2. The van der Waals surface area contributed by atoms with Crippen LogP contribution in [0.5, 0.6) is 0 Å². The standard InChI is InChI=1S/C12H14BrClFNO/c1-3-12(2,7-14)16-11(17)8-4-5-9(13)10(15)6-8/h4-6H,3,7H2,1-2H3,(H,16,17). The maximum absolute atomic E-state index is 13.3. The summed E-state index contributed by atoms with van der Waals surface area (Å²) in [5.41, 5.74) is -0.183. The summed E-state index contributed by atoms with van der Waals surface area (Å²) in [7, 11) is 0. The van der Waals surface area contributed by atoms with Gasteiger partial charge < -0.3 is 5.32 Å². The van der Waals surface area contributed by atoms with E-state index in [1.165, 1.54) is 12.1 Å². The molecule has 1 aromatic rings. The molecule has 2 nitrogen and oxygen atoms in total. The molecule has 5 heteroatoms. The Hall–Kier alpha value is -0.610. The molecule has 0 bridgehead atoms. The first-order valence-electron chi connectivity index (χ1n) is 5.25. The highest BCUT2D eigenvalue weighted by molar-refractivity contribution is 9.10. The molecule has 0 aliphatic rings. The molecule has 1 amide bonds. The number of carbonyl (C=O) groups excluding carboxylic acids is 1. The Kier molecular flexibility index (Phi) is 4.95. The second-order valence-corrected chi connectivity index (χ2v) is 5.25. The van der Waals surface area contributed by atoms with Crippen molar-refractivity contribution >= 4 is 33.4 Å². The van der Waals surface area contributed by atoms with Gasteiger partial charge in [-0.1, -0.05) is 6.92 Å². The van der Waals surface area contributed by atoms with Gasteiger partial charge in [0, 0.05) is 11.4 Å². The molecule has 0 aromatic heterocycles. The molecule has 0 aliphatic heterocycles. The van der Waals surface area contributed by atoms with E-state index in [4.69, 9.17) is 11.6 Å². The third-order valence-electron chi connectivity index (χ3n) is 2.67. The van der Waals surface area contributed by atoms with Gasteiger partial charge in [-0.3, -0.25) is 4.79 Å². The van der Waals surface area contributed by atoms with Crippen molar-refractivity contribution in [2.45, 2.75) is 25.8 Å². The van der Waals surface area contributed by atoms with E-state index in [9.17, 15) is 9.18 Å². The smallest absolute Gasteiger partial charge is 0.251 e. The highest BCUT2D eigenvalue weighted by Gasteiger charge is 2.23. The van der Waals surface area contributed by atoms with Crippen LogP contribution >= 0.6 is 27.5 Å². The lowest BCUT2D eigenvalue weighted by Crippen LogP contribution is -2.47. The molecule has 0 radical (unpaired) electrons. The number of hydrogen-bond donors (Lipinski definition) is 1. The molecule has 0 saturated heterocycles. The molecule has 1 rings (SSSR count). The molecule has 0 saturated carbocycles. The van der Waals surface area contributed by atoms with Gasteiger partial charge in [0.15, 0.2) is 0 Å². The Balaban J connectivity index is 2.86. The van der Waals surface area contributed by atoms with E-state index >= 15 is 0 Å². The molecule has 1 N–H and O–H groups in total. The van der Waals surface area contributed by atoms with Gasteiger partial charge in [-0.25, -0.2) is 4.39 Å². The van der Waals surface area contributed by atoms with Crippen LogP contribution < -0.4 is 5.32 Å². The first-order chi connectivity index (χ1) is 7.91. The highest BCUT2D eigenvalue weighted by Crippen LogP contribution is 2.18. The molecular weight excluding hydrogens is 308 g/mol. The number of alkyl halides is 1. The zero-order valence-corrected chi connectivity index (χ0v) is 12.0. The number of benzene rings is 1. The van der Waals surface area contributed by atoms with Crippen LogP contribution in [0.2, 0.25) is 0 Å². The topological polar surface area (TPSA) is 29.1 Å². The van der Waals surface area contributed by atoms with Gasteiger partial charge in [-0.2, -0.15) is 0 Å². The zero-order chi connectivity index (χ0) is 13.1. The molecule has 0 spiro atoms. The van der Waals surface area contributed by atoms with E-state index in [1.54, 1.807) is 6.07 Å². The number of nitrogens with one attached hydrogen (secondary N) is 1. The Bertz CT molecular complexity index is 421. The summed E-state index contributed by atoms with van der Waals surface area (Å²) in [5, 5.41) is 2.80. The van der Waals surface area contributed by atoms with E-state index in [2.05, 4.69) is 21.2 Å². The van der Waals surface area contributed by atoms with E-state index in [1.807, 2.05) is 13.8 Å². The molecule has 94 valence electrons. The van der Waals surface area contributed by atoms with Crippen molar-refractivity contribution < 1.29 is 9.18 Å². The van der Waals surface area contributed by atoms with Crippen LogP contribution in [0.25, 0.3) is 0 Å². The van der Waals surface area contributed by atoms with E-state index in [-0.39, 0.29) is 11.5 Å². The molecule has 1 unspecified atom stereocenters. The van der Waals surface area contributed by atoms with Crippen molar-refractivity contribution in [3.8, 4) is 0 Å². The van der Waals surface area contributed by atoms with Gasteiger partial charge in [0.05, 0.1) is 10.0 Å². The summed E-state index contributed by atoms with van der Waals surface area (Å²) in [5.74, 6) is -0.461. The molecule has 17 heavy (non-hydrogen) atoms. The second kappa shape index (κ2) is 5.83. The predicted octanol–water partition coefficient (Wildman–Crippen LogP) is 3.73. The van der Waals surface area contributed by atoms with Gasteiger partial charge in [0.25, 0.3) is 5.91 Å². The number of carbonyl (C=O) groups is 1. The maximum Gasteiger partial charge on any atom is 0.251 e. The Labute approximate surface area is 114 Å². The minimum Gasteiger partial charge on any atom is -0.346 e. The molecule has 0 fully saturated rings. The van der Waals surface area contributed by atoms with Crippen molar-refractivity contribution in [2.75, 3.05) is 5.88 Å². The molecular formula is C12H14BrClFNO. The number of amides is 1. The molecule has 1 aromatic carbocycles. The molecule has 0 heterocycles. The fraction of sp³-hybridized carbons (Fsp3) is 0.417. The fourth-order valence-electron chi connectivity index (χ4n) is 1.20. The van der Waals surface area contributed by atoms with Crippen LogP contribution in [0.3, 0.4) is 0 Å². The Morgan fingerprint density at radius 1 is 1.59 bits per heavy atom. The summed E-state index contributed by atoms with van der Waals surface area (Å²) in [6.07, 6.45) is 0.710. The van der Waals surface area contributed by atoms with Crippen LogP contribution in [0.4, 0.5) is 4.39 Å². The summed E-state index contributed by atoms with van der Waals surface area (Å²) < 4.78 is 13.6. The average Bonchev–Trinajstić information content (AvgIpc) is 2.32. The van der Waals surface area contributed by atoms with Crippen molar-refractivity contribution in [3.63, 3.8) is 0 Å². The van der Waals surface area contributed by atoms with Gasteiger partial charge in [0.1, 0.15) is 5.82 Å². The minimum atomic E-state index is -0.470. The monoisotopic (exact) mass is 321 g/mol. The molecule has 0 aliphatic carbocycles. The van der Waals surface area contributed by atoms with Crippen LogP contribution in [-0.2, 0) is 0 Å². The van der Waals surface area contributed by atoms with E-state index in [0.29, 0.717) is 16.8 Å². The number of hydrogen-bond acceptors (Lipinski definition) is 1. The van der Waals surface area contributed by atoms with Crippen molar-refractivity contribution in [1.82, 2.24) is 5.32 Å². The van der Waals surface area contributed by atoms with Crippen molar-refractivity contribution in [2.24, 2.45) is 0 Å². The van der Waals surface area contributed by atoms with Crippen LogP contribution in [0, 0.1) is 5.82 Å². The lowest BCUT2D eigenvalue weighted by atomic mass is 10.0. The predicted molar refractivity (Wildman–Crippen MR) is 71.0 cm³/mol. The summed E-state index contributed by atoms with van der Waals surface area (Å²) >= 11 is 8.84. The van der Waals surface area contributed by atoms with Gasteiger partial charge in [-0.15, -0.1) is 11.6 Å². The van der Waals surface area contributed by atoms with Crippen molar-refractivity contribution in [3.05, 3.63) is 34.1 Å². The third kappa shape index (κ3) is 3.68. The lowest BCUT2D eigenvalue weighted by Gasteiger charge is -2.27. The summed E-state index contributed by atoms with van der Waals surface area (Å²) in [4.78, 5) is 11.9. The Morgan fingerprint density at radius 2 is 2.24 bits per heavy atom.